The molecule has 0 aromatic heterocycles. The van der Waals surface area contributed by atoms with Gasteiger partial charge in [-0.05, 0) is 45.8 Å². The van der Waals surface area contributed by atoms with Crippen molar-refractivity contribution in [1.82, 2.24) is 10.2 Å². The van der Waals surface area contributed by atoms with Gasteiger partial charge in [0.15, 0.2) is 0 Å². The molecule has 0 saturated carbocycles. The summed E-state index contributed by atoms with van der Waals surface area (Å²) in [5, 5.41) is 3.17. The molecule has 2 unspecified atom stereocenters. The van der Waals surface area contributed by atoms with Crippen molar-refractivity contribution >= 4 is 0 Å². The Labute approximate surface area is 96.4 Å². The van der Waals surface area contributed by atoms with Crippen molar-refractivity contribution < 1.29 is 8.78 Å². The fourth-order valence-electron chi connectivity index (χ4n) is 2.94. The number of hydrogen-bond acceptors (Lipinski definition) is 2. The molecule has 4 heteroatoms. The first kappa shape index (κ1) is 12.2. The molecule has 0 amide bonds. The molecule has 0 spiro atoms. The topological polar surface area (TPSA) is 15.3 Å². The molecule has 2 saturated heterocycles. The van der Waals surface area contributed by atoms with Crippen molar-refractivity contribution in [3.05, 3.63) is 0 Å². The van der Waals surface area contributed by atoms with E-state index in [9.17, 15) is 8.78 Å². The molecular weight excluding hydrogens is 210 g/mol. The molecule has 16 heavy (non-hydrogen) atoms. The Bertz CT molecular complexity index is 227. The van der Waals surface area contributed by atoms with Crippen molar-refractivity contribution in [3.8, 4) is 0 Å². The van der Waals surface area contributed by atoms with E-state index < -0.39 is 11.8 Å². The standard InChI is InChI=1S/C12H22F2N2/c1-16-7-3-4-10(9-16)12(13,14)8-11-5-2-6-15-11/h10-11,15H,2-9H2,1H3. The van der Waals surface area contributed by atoms with Crippen molar-refractivity contribution in [2.75, 3.05) is 26.7 Å². The molecule has 2 nitrogen and oxygen atoms in total. The highest BCUT2D eigenvalue weighted by molar-refractivity contribution is 4.88. The number of nitrogens with one attached hydrogen (secondary N) is 1. The van der Waals surface area contributed by atoms with E-state index >= 15 is 0 Å². The van der Waals surface area contributed by atoms with E-state index in [0.717, 1.165) is 32.4 Å². The van der Waals surface area contributed by atoms with Gasteiger partial charge in [-0.3, -0.25) is 0 Å². The lowest BCUT2D eigenvalue weighted by Gasteiger charge is -2.35. The van der Waals surface area contributed by atoms with Crippen LogP contribution in [0, 0.1) is 5.92 Å². The van der Waals surface area contributed by atoms with Crippen molar-refractivity contribution in [2.45, 2.75) is 44.1 Å². The molecule has 2 rings (SSSR count). The van der Waals surface area contributed by atoms with Crippen LogP contribution in [-0.4, -0.2) is 43.5 Å². The van der Waals surface area contributed by atoms with Crippen LogP contribution in [0.4, 0.5) is 8.78 Å². The van der Waals surface area contributed by atoms with Gasteiger partial charge in [0.25, 0.3) is 5.92 Å². The van der Waals surface area contributed by atoms with Crippen LogP contribution in [0.3, 0.4) is 0 Å². The van der Waals surface area contributed by atoms with Gasteiger partial charge in [-0.2, -0.15) is 0 Å². The molecule has 2 aliphatic rings. The summed E-state index contributed by atoms with van der Waals surface area (Å²) in [4.78, 5) is 2.03. The maximum atomic E-state index is 14.1. The third-order valence-corrected chi connectivity index (χ3v) is 3.90. The van der Waals surface area contributed by atoms with Crippen LogP contribution in [0.25, 0.3) is 0 Å². The molecule has 1 N–H and O–H groups in total. The number of alkyl halides is 2. The summed E-state index contributed by atoms with van der Waals surface area (Å²) in [5.74, 6) is -2.93. The maximum Gasteiger partial charge on any atom is 0.253 e. The second kappa shape index (κ2) is 4.96. The van der Waals surface area contributed by atoms with Gasteiger partial charge in [-0.15, -0.1) is 0 Å². The Morgan fingerprint density at radius 1 is 1.31 bits per heavy atom. The third kappa shape index (κ3) is 2.92. The van der Waals surface area contributed by atoms with E-state index in [4.69, 9.17) is 0 Å². The van der Waals surface area contributed by atoms with Crippen LogP contribution in [0.1, 0.15) is 32.1 Å². The van der Waals surface area contributed by atoms with Gasteiger partial charge in [0.1, 0.15) is 0 Å². The van der Waals surface area contributed by atoms with Gasteiger partial charge in [0, 0.05) is 24.9 Å². The summed E-state index contributed by atoms with van der Waals surface area (Å²) < 4.78 is 28.1. The van der Waals surface area contributed by atoms with Gasteiger partial charge < -0.3 is 10.2 Å². The van der Waals surface area contributed by atoms with Crippen LogP contribution in [0.15, 0.2) is 0 Å². The molecule has 0 aromatic carbocycles. The molecular formula is C12H22F2N2. The van der Waals surface area contributed by atoms with Crippen LogP contribution in [-0.2, 0) is 0 Å². The lowest BCUT2D eigenvalue weighted by molar-refractivity contribution is -0.0906. The Hall–Kier alpha value is -0.220. The molecule has 2 aliphatic heterocycles. The van der Waals surface area contributed by atoms with E-state index in [1.807, 2.05) is 11.9 Å². The third-order valence-electron chi connectivity index (χ3n) is 3.90. The zero-order chi connectivity index (χ0) is 11.6. The normalized spacial score (nSPS) is 33.2. The summed E-state index contributed by atoms with van der Waals surface area (Å²) in [6, 6.07) is 0.0437. The molecule has 2 heterocycles. The summed E-state index contributed by atoms with van der Waals surface area (Å²) in [6.45, 7) is 2.43. The number of likely N-dealkylation sites (tertiary alicyclic amines) is 1. The predicted octanol–water partition coefficient (Wildman–Crippen LogP) is 2.11. The van der Waals surface area contributed by atoms with Crippen LogP contribution >= 0.6 is 0 Å². The van der Waals surface area contributed by atoms with E-state index in [0.29, 0.717) is 13.0 Å². The Morgan fingerprint density at radius 3 is 2.75 bits per heavy atom. The van der Waals surface area contributed by atoms with Crippen LogP contribution in [0.5, 0.6) is 0 Å². The molecule has 2 fully saturated rings. The van der Waals surface area contributed by atoms with Gasteiger partial charge in [-0.1, -0.05) is 0 Å². The van der Waals surface area contributed by atoms with Crippen molar-refractivity contribution in [1.29, 1.82) is 0 Å². The minimum atomic E-state index is -2.49. The molecule has 2 atom stereocenters. The van der Waals surface area contributed by atoms with Crippen molar-refractivity contribution in [2.24, 2.45) is 5.92 Å². The van der Waals surface area contributed by atoms with Crippen molar-refractivity contribution in [3.63, 3.8) is 0 Å². The molecule has 0 bridgehead atoms. The van der Waals surface area contributed by atoms with Crippen LogP contribution in [0.2, 0.25) is 0 Å². The maximum absolute atomic E-state index is 14.1. The zero-order valence-electron chi connectivity index (χ0n) is 10.0. The number of piperidine rings is 1. The smallest absolute Gasteiger partial charge is 0.253 e. The lowest BCUT2D eigenvalue weighted by Crippen LogP contribution is -2.44. The summed E-state index contributed by atoms with van der Waals surface area (Å²) in [5.41, 5.74) is 0. The first-order valence-electron chi connectivity index (χ1n) is 6.38. The first-order chi connectivity index (χ1) is 7.58. The highest BCUT2D eigenvalue weighted by Gasteiger charge is 2.42. The number of hydrogen-bond donors (Lipinski definition) is 1. The average Bonchev–Trinajstić information content (AvgIpc) is 2.70. The molecule has 94 valence electrons. The Kier molecular flexibility index (Phi) is 3.80. The van der Waals surface area contributed by atoms with E-state index in [1.54, 1.807) is 0 Å². The summed E-state index contributed by atoms with van der Waals surface area (Å²) in [6.07, 6.45) is 3.59. The largest absolute Gasteiger partial charge is 0.314 e. The highest BCUT2D eigenvalue weighted by Crippen LogP contribution is 2.36. The fourth-order valence-corrected chi connectivity index (χ4v) is 2.94. The molecule has 0 aliphatic carbocycles. The zero-order valence-corrected chi connectivity index (χ0v) is 10.0. The number of nitrogens with zero attached hydrogens (tertiary/aromatic N) is 1. The monoisotopic (exact) mass is 232 g/mol. The van der Waals surface area contributed by atoms with Crippen LogP contribution < -0.4 is 5.32 Å². The fraction of sp³-hybridized carbons (Fsp3) is 1.00. The molecule has 0 aromatic rings. The van der Waals surface area contributed by atoms with E-state index in [1.165, 1.54) is 0 Å². The highest BCUT2D eigenvalue weighted by atomic mass is 19.3. The second-order valence-electron chi connectivity index (χ2n) is 5.36. The number of halogens is 2. The minimum Gasteiger partial charge on any atom is -0.314 e. The van der Waals surface area contributed by atoms with E-state index in [2.05, 4.69) is 5.32 Å². The Balaban J connectivity index is 1.88. The summed E-state index contributed by atoms with van der Waals surface area (Å²) in [7, 11) is 1.94. The number of rotatable bonds is 3. The first-order valence-corrected chi connectivity index (χ1v) is 6.38. The van der Waals surface area contributed by atoms with Gasteiger partial charge in [-0.25, -0.2) is 8.78 Å². The minimum absolute atomic E-state index is 0.0332. The average molecular weight is 232 g/mol. The SMILES string of the molecule is CN1CCCC(C(F)(F)CC2CCCN2)C1. The second-order valence-corrected chi connectivity index (χ2v) is 5.36. The van der Waals surface area contributed by atoms with Gasteiger partial charge in [0.2, 0.25) is 0 Å². The Morgan fingerprint density at radius 2 is 2.12 bits per heavy atom. The van der Waals surface area contributed by atoms with Gasteiger partial charge in [0.05, 0.1) is 0 Å². The van der Waals surface area contributed by atoms with E-state index in [-0.39, 0.29) is 12.5 Å². The lowest BCUT2D eigenvalue weighted by atomic mass is 9.88. The quantitative estimate of drug-likeness (QED) is 0.801. The van der Waals surface area contributed by atoms with Gasteiger partial charge >= 0.3 is 0 Å². The predicted molar refractivity (Wildman–Crippen MR) is 60.8 cm³/mol. The molecule has 0 radical (unpaired) electrons. The summed E-state index contributed by atoms with van der Waals surface area (Å²) >= 11 is 0.